The Labute approximate surface area is 99.4 Å². The van der Waals surface area contributed by atoms with E-state index in [-0.39, 0.29) is 17.7 Å². The number of aryl methyl sites for hydroxylation is 1. The molecule has 2 heterocycles. The Morgan fingerprint density at radius 2 is 2.53 bits per heavy atom. The van der Waals surface area contributed by atoms with Crippen LogP contribution in [0.15, 0.2) is 12.3 Å². The molecule has 1 aromatic heterocycles. The molecular formula is C11H16N4O2. The van der Waals surface area contributed by atoms with E-state index in [1.54, 1.807) is 10.7 Å². The zero-order valence-electron chi connectivity index (χ0n) is 9.77. The van der Waals surface area contributed by atoms with Crippen molar-refractivity contribution >= 4 is 17.6 Å². The average molecular weight is 236 g/mol. The summed E-state index contributed by atoms with van der Waals surface area (Å²) >= 11 is 0. The highest BCUT2D eigenvalue weighted by Gasteiger charge is 2.24. The summed E-state index contributed by atoms with van der Waals surface area (Å²) in [7, 11) is 0. The summed E-state index contributed by atoms with van der Waals surface area (Å²) in [5.41, 5.74) is 0. The summed E-state index contributed by atoms with van der Waals surface area (Å²) in [6, 6.07) is 1.77. The van der Waals surface area contributed by atoms with Crippen molar-refractivity contribution in [1.82, 2.24) is 15.1 Å². The lowest BCUT2D eigenvalue weighted by atomic mass is 9.98. The number of rotatable bonds is 3. The Morgan fingerprint density at radius 1 is 1.71 bits per heavy atom. The summed E-state index contributed by atoms with van der Waals surface area (Å²) in [6.45, 7) is 3.17. The molecule has 0 aliphatic carbocycles. The van der Waals surface area contributed by atoms with E-state index in [0.29, 0.717) is 25.2 Å². The Hall–Kier alpha value is -1.85. The van der Waals surface area contributed by atoms with Crippen LogP contribution in [0.25, 0.3) is 0 Å². The topological polar surface area (TPSA) is 76.0 Å². The second-order valence-corrected chi connectivity index (χ2v) is 4.09. The van der Waals surface area contributed by atoms with Crippen LogP contribution >= 0.6 is 0 Å². The van der Waals surface area contributed by atoms with Crippen molar-refractivity contribution in [1.29, 1.82) is 0 Å². The predicted molar refractivity (Wildman–Crippen MR) is 62.3 cm³/mol. The predicted octanol–water partition coefficient (Wildman–Crippen LogP) is 0.368. The first-order valence-electron chi connectivity index (χ1n) is 5.80. The molecule has 0 aromatic carbocycles. The Balaban J connectivity index is 1.90. The monoisotopic (exact) mass is 236 g/mol. The molecule has 2 N–H and O–H groups in total. The van der Waals surface area contributed by atoms with Gasteiger partial charge in [-0.3, -0.25) is 14.3 Å². The number of amides is 2. The van der Waals surface area contributed by atoms with E-state index in [4.69, 9.17) is 0 Å². The molecule has 92 valence electrons. The number of anilines is 1. The fourth-order valence-electron chi connectivity index (χ4n) is 1.79. The number of nitrogens with one attached hydrogen (secondary N) is 2. The quantitative estimate of drug-likeness (QED) is 0.796. The van der Waals surface area contributed by atoms with Gasteiger partial charge in [-0.25, -0.2) is 0 Å². The molecule has 6 nitrogen and oxygen atoms in total. The lowest BCUT2D eigenvalue weighted by Crippen LogP contribution is -2.40. The van der Waals surface area contributed by atoms with Crippen molar-refractivity contribution in [2.45, 2.75) is 26.3 Å². The lowest BCUT2D eigenvalue weighted by molar-refractivity contribution is -0.126. The van der Waals surface area contributed by atoms with E-state index in [9.17, 15) is 9.59 Å². The third-order valence-corrected chi connectivity index (χ3v) is 2.85. The maximum atomic E-state index is 11.9. The van der Waals surface area contributed by atoms with Gasteiger partial charge in [-0.15, -0.1) is 0 Å². The van der Waals surface area contributed by atoms with Crippen LogP contribution in [0.5, 0.6) is 0 Å². The van der Waals surface area contributed by atoms with Crippen LogP contribution in [-0.2, 0) is 16.1 Å². The Bertz CT molecular complexity index is 417. The minimum atomic E-state index is -0.153. The summed E-state index contributed by atoms with van der Waals surface area (Å²) in [5.74, 6) is 0.351. The van der Waals surface area contributed by atoms with Crippen molar-refractivity contribution < 1.29 is 9.59 Å². The molecule has 6 heteroatoms. The summed E-state index contributed by atoms with van der Waals surface area (Å²) in [4.78, 5) is 22.8. The third-order valence-electron chi connectivity index (χ3n) is 2.85. The van der Waals surface area contributed by atoms with Crippen molar-refractivity contribution in [3.05, 3.63) is 12.3 Å². The maximum absolute atomic E-state index is 11.9. The molecule has 0 radical (unpaired) electrons. The fraction of sp³-hybridized carbons (Fsp3) is 0.545. The van der Waals surface area contributed by atoms with Crippen LogP contribution in [0.4, 0.5) is 5.82 Å². The standard InChI is InChI=1S/C11H16N4O2/c1-2-15-6-5-9(14-15)13-11(17)8-3-4-10(16)12-7-8/h5-6,8H,2-4,7H2,1H3,(H,12,16)(H,13,14,17). The normalized spacial score (nSPS) is 19.8. The van der Waals surface area contributed by atoms with E-state index >= 15 is 0 Å². The minimum absolute atomic E-state index is 0.0179. The number of carbonyl (C=O) groups is 2. The summed E-state index contributed by atoms with van der Waals surface area (Å²) in [6.07, 6.45) is 2.84. The van der Waals surface area contributed by atoms with Gasteiger partial charge in [0.25, 0.3) is 0 Å². The van der Waals surface area contributed by atoms with Gasteiger partial charge in [-0.1, -0.05) is 0 Å². The van der Waals surface area contributed by atoms with Gasteiger partial charge in [0.2, 0.25) is 11.8 Å². The van der Waals surface area contributed by atoms with Gasteiger partial charge >= 0.3 is 0 Å². The van der Waals surface area contributed by atoms with Crippen molar-refractivity contribution in [2.75, 3.05) is 11.9 Å². The van der Waals surface area contributed by atoms with Crippen LogP contribution in [0.1, 0.15) is 19.8 Å². The minimum Gasteiger partial charge on any atom is -0.355 e. The van der Waals surface area contributed by atoms with E-state index < -0.39 is 0 Å². The van der Waals surface area contributed by atoms with Gasteiger partial charge < -0.3 is 10.6 Å². The third kappa shape index (κ3) is 2.83. The zero-order chi connectivity index (χ0) is 12.3. The molecular weight excluding hydrogens is 220 g/mol. The molecule has 0 saturated carbocycles. The van der Waals surface area contributed by atoms with Crippen molar-refractivity contribution in [2.24, 2.45) is 5.92 Å². The number of piperidine rings is 1. The Kier molecular flexibility index (Phi) is 3.41. The van der Waals surface area contributed by atoms with Crippen LogP contribution in [-0.4, -0.2) is 28.1 Å². The first-order chi connectivity index (χ1) is 8.19. The summed E-state index contributed by atoms with van der Waals surface area (Å²) < 4.78 is 1.75. The molecule has 17 heavy (non-hydrogen) atoms. The van der Waals surface area contributed by atoms with Crippen LogP contribution in [0.3, 0.4) is 0 Å². The molecule has 0 spiro atoms. The van der Waals surface area contributed by atoms with E-state index in [1.807, 2.05) is 13.1 Å². The van der Waals surface area contributed by atoms with E-state index in [0.717, 1.165) is 6.54 Å². The molecule has 1 fully saturated rings. The zero-order valence-corrected chi connectivity index (χ0v) is 9.77. The second kappa shape index (κ2) is 4.99. The first-order valence-corrected chi connectivity index (χ1v) is 5.80. The molecule has 1 saturated heterocycles. The van der Waals surface area contributed by atoms with E-state index in [2.05, 4.69) is 15.7 Å². The largest absolute Gasteiger partial charge is 0.355 e. The fourth-order valence-corrected chi connectivity index (χ4v) is 1.79. The molecule has 1 atom stereocenters. The molecule has 2 amide bonds. The molecule has 2 rings (SSSR count). The molecule has 0 bridgehead atoms. The number of nitrogens with zero attached hydrogens (tertiary/aromatic N) is 2. The van der Waals surface area contributed by atoms with Crippen molar-refractivity contribution in [3.8, 4) is 0 Å². The number of aromatic nitrogens is 2. The van der Waals surface area contributed by atoms with Gasteiger partial charge in [-0.05, 0) is 13.3 Å². The molecule has 1 unspecified atom stereocenters. The van der Waals surface area contributed by atoms with Gasteiger partial charge in [0.1, 0.15) is 0 Å². The number of hydrogen-bond acceptors (Lipinski definition) is 3. The number of carbonyl (C=O) groups excluding carboxylic acids is 2. The van der Waals surface area contributed by atoms with Crippen molar-refractivity contribution in [3.63, 3.8) is 0 Å². The highest BCUT2D eigenvalue weighted by molar-refractivity contribution is 5.93. The molecule has 1 aliphatic heterocycles. The average Bonchev–Trinajstić information content (AvgIpc) is 2.77. The van der Waals surface area contributed by atoms with Gasteiger partial charge in [-0.2, -0.15) is 5.10 Å². The number of hydrogen-bond donors (Lipinski definition) is 2. The van der Waals surface area contributed by atoms with E-state index in [1.165, 1.54) is 0 Å². The second-order valence-electron chi connectivity index (χ2n) is 4.09. The first kappa shape index (κ1) is 11.6. The highest BCUT2D eigenvalue weighted by Crippen LogP contribution is 2.13. The SMILES string of the molecule is CCn1ccc(NC(=O)C2CCC(=O)NC2)n1. The van der Waals surface area contributed by atoms with Gasteiger partial charge in [0.05, 0.1) is 5.92 Å². The molecule has 1 aromatic rings. The maximum Gasteiger partial charge on any atom is 0.230 e. The Morgan fingerprint density at radius 3 is 3.12 bits per heavy atom. The van der Waals surface area contributed by atoms with Crippen LogP contribution in [0.2, 0.25) is 0 Å². The summed E-state index contributed by atoms with van der Waals surface area (Å²) in [5, 5.41) is 9.62. The molecule has 1 aliphatic rings. The van der Waals surface area contributed by atoms with Crippen LogP contribution < -0.4 is 10.6 Å². The van der Waals surface area contributed by atoms with Crippen LogP contribution in [0, 0.1) is 5.92 Å². The highest BCUT2D eigenvalue weighted by atomic mass is 16.2. The van der Waals surface area contributed by atoms with Gasteiger partial charge in [0, 0.05) is 31.8 Å². The smallest absolute Gasteiger partial charge is 0.230 e. The lowest BCUT2D eigenvalue weighted by Gasteiger charge is -2.20. The van der Waals surface area contributed by atoms with Gasteiger partial charge in [0.15, 0.2) is 5.82 Å².